The van der Waals surface area contributed by atoms with Crippen LogP contribution in [0.15, 0.2) is 30.6 Å². The average Bonchev–Trinajstić information content (AvgIpc) is 2.97. The molecule has 43 heavy (non-hydrogen) atoms. The molecule has 1 heterocycles. The van der Waals surface area contributed by atoms with Crippen LogP contribution in [-0.4, -0.2) is 35.5 Å². The van der Waals surface area contributed by atoms with E-state index in [1.807, 2.05) is 0 Å². The number of amides is 1. The molecule has 0 atom stereocenters. The summed E-state index contributed by atoms with van der Waals surface area (Å²) in [5.41, 5.74) is 0. The molecule has 0 saturated heterocycles. The van der Waals surface area contributed by atoms with E-state index in [9.17, 15) is 9.59 Å². The van der Waals surface area contributed by atoms with Gasteiger partial charge in [-0.2, -0.15) is 0 Å². The molecule has 0 aromatic carbocycles. The summed E-state index contributed by atoms with van der Waals surface area (Å²) in [4.78, 5) is 23.3. The normalized spacial score (nSPS) is 10.2. The summed E-state index contributed by atoms with van der Waals surface area (Å²) in [6.07, 6.45) is 35.9. The van der Waals surface area contributed by atoms with Crippen LogP contribution in [0.3, 0.4) is 0 Å². The van der Waals surface area contributed by atoms with Crippen molar-refractivity contribution in [1.29, 1.82) is 0 Å². The van der Waals surface area contributed by atoms with Crippen LogP contribution in [0, 0.1) is 0 Å². The fraction of sp³-hybridized carbons (Fsp3) is 0.806. The first kappa shape index (κ1) is 46.8. The Balaban J connectivity index is -0.000000344. The van der Waals surface area contributed by atoms with Gasteiger partial charge in [0.25, 0.3) is 0 Å². The van der Waals surface area contributed by atoms with Gasteiger partial charge in [-0.3, -0.25) is 9.59 Å². The predicted octanol–water partition coefficient (Wildman–Crippen LogP) is 7.44. The van der Waals surface area contributed by atoms with Crippen molar-refractivity contribution >= 4 is 24.3 Å². The zero-order valence-corrected chi connectivity index (χ0v) is 31.7. The molecule has 248 valence electrons. The van der Waals surface area contributed by atoms with Crippen molar-refractivity contribution in [2.45, 2.75) is 174 Å². The van der Waals surface area contributed by atoms with Crippen LogP contribution in [0.2, 0.25) is 0 Å². The van der Waals surface area contributed by atoms with Crippen molar-refractivity contribution in [3.05, 3.63) is 30.6 Å². The van der Waals surface area contributed by atoms with Crippen molar-refractivity contribution in [2.75, 3.05) is 13.6 Å². The fourth-order valence-electron chi connectivity index (χ4n) is 5.14. The summed E-state index contributed by atoms with van der Waals surface area (Å²) in [5.74, 6) is -1.02. The molecule has 0 radical (unpaired) electrons. The maximum absolute atomic E-state index is 11.5. The predicted molar refractivity (Wildman–Crippen MR) is 182 cm³/mol. The minimum atomic E-state index is -0.956. The maximum Gasteiger partial charge on any atom is 1.00 e. The number of carbonyl (C=O) groups is 2. The molecule has 0 spiro atoms. The molecular formula is C36H69ClN2NaO3+. The maximum atomic E-state index is 11.5. The van der Waals surface area contributed by atoms with Gasteiger partial charge in [0.2, 0.25) is 5.91 Å². The van der Waals surface area contributed by atoms with E-state index in [0.29, 0.717) is 6.42 Å². The van der Waals surface area contributed by atoms with E-state index in [-0.39, 0.29) is 55.8 Å². The van der Waals surface area contributed by atoms with Gasteiger partial charge in [-0.1, -0.05) is 148 Å². The molecule has 1 amide bonds. The standard InChI is InChI=1S/C21H38N.C15H29NO3.ClH.Na.H/c1-2-3-4-5-6-7-8-9-10-11-12-13-14-16-19-22-20-17-15-18-21-22;1-3-4-5-6-7-8-9-10-11-12-14(17)16(2)13-15(18)19;;;/h15,17-18,20-21H,2-14,16,19H2,1H3;3-13H2,1-2H3,(H,18,19);1H;;/q+1;;;+1;-1. The third-order valence-corrected chi connectivity index (χ3v) is 7.84. The minimum absolute atomic E-state index is 0. The number of hydrogen-bond donors (Lipinski definition) is 1. The number of nitrogens with zero attached hydrogens (tertiary/aromatic N) is 2. The molecule has 1 N–H and O–H groups in total. The number of carbonyl (C=O) groups excluding carboxylic acids is 1. The van der Waals surface area contributed by atoms with E-state index in [4.69, 9.17) is 5.11 Å². The Morgan fingerprint density at radius 1 is 0.605 bits per heavy atom. The first-order valence-electron chi connectivity index (χ1n) is 17.4. The number of aryl methyl sites for hydroxylation is 1. The van der Waals surface area contributed by atoms with E-state index in [2.05, 4.69) is 49.0 Å². The van der Waals surface area contributed by atoms with Crippen LogP contribution >= 0.6 is 12.4 Å². The molecule has 0 aliphatic carbocycles. The van der Waals surface area contributed by atoms with E-state index in [1.54, 1.807) is 7.05 Å². The van der Waals surface area contributed by atoms with E-state index in [1.165, 1.54) is 146 Å². The molecule has 0 aliphatic rings. The third-order valence-electron chi connectivity index (χ3n) is 7.84. The number of aromatic nitrogens is 1. The average molecular weight is 636 g/mol. The Hall–Kier alpha value is -0.620. The second kappa shape index (κ2) is 37.6. The number of halogens is 1. The van der Waals surface area contributed by atoms with Crippen molar-refractivity contribution in [3.63, 3.8) is 0 Å². The number of unbranched alkanes of at least 4 members (excludes halogenated alkanes) is 21. The van der Waals surface area contributed by atoms with Crippen LogP contribution < -0.4 is 34.1 Å². The summed E-state index contributed by atoms with van der Waals surface area (Å²) in [5, 5.41) is 8.57. The van der Waals surface area contributed by atoms with Gasteiger partial charge >= 0.3 is 35.5 Å². The molecule has 1 rings (SSSR count). The van der Waals surface area contributed by atoms with Gasteiger partial charge in [-0.25, -0.2) is 4.57 Å². The molecule has 0 unspecified atom stereocenters. The molecule has 0 fully saturated rings. The number of pyridine rings is 1. The number of carboxylic acids is 1. The topological polar surface area (TPSA) is 61.5 Å². The van der Waals surface area contributed by atoms with Gasteiger partial charge < -0.3 is 11.4 Å². The van der Waals surface area contributed by atoms with Crippen molar-refractivity contribution in [2.24, 2.45) is 0 Å². The molecule has 1 aromatic rings. The smallest absolute Gasteiger partial charge is 1.00 e. The van der Waals surface area contributed by atoms with Crippen LogP contribution in [0.1, 0.15) is 169 Å². The number of hydrogen-bond acceptors (Lipinski definition) is 2. The number of likely N-dealkylation sites (N-methyl/N-ethyl adjacent to an activating group) is 1. The fourth-order valence-corrected chi connectivity index (χ4v) is 5.14. The van der Waals surface area contributed by atoms with Crippen LogP contribution in [0.25, 0.3) is 0 Å². The first-order valence-corrected chi connectivity index (χ1v) is 17.4. The Bertz CT molecular complexity index is 716. The van der Waals surface area contributed by atoms with Gasteiger partial charge in [-0.15, -0.1) is 12.4 Å². The Morgan fingerprint density at radius 3 is 1.33 bits per heavy atom. The molecule has 0 saturated carbocycles. The van der Waals surface area contributed by atoms with Gasteiger partial charge in [0, 0.05) is 32.0 Å². The molecule has 1 aromatic heterocycles. The summed E-state index contributed by atoms with van der Waals surface area (Å²) < 4.78 is 2.29. The summed E-state index contributed by atoms with van der Waals surface area (Å²) in [6.45, 7) is 5.49. The second-order valence-corrected chi connectivity index (χ2v) is 11.9. The van der Waals surface area contributed by atoms with Crippen LogP contribution in [-0.2, 0) is 16.1 Å². The molecule has 7 heteroatoms. The first-order chi connectivity index (χ1) is 20.0. The van der Waals surface area contributed by atoms with Gasteiger partial charge in [0.05, 0.1) is 0 Å². The molecule has 5 nitrogen and oxygen atoms in total. The summed E-state index contributed by atoms with van der Waals surface area (Å²) in [7, 11) is 1.55. The largest absolute Gasteiger partial charge is 1.00 e. The van der Waals surface area contributed by atoms with Crippen molar-refractivity contribution < 1.29 is 50.2 Å². The monoisotopic (exact) mass is 635 g/mol. The second-order valence-electron chi connectivity index (χ2n) is 11.9. The van der Waals surface area contributed by atoms with Crippen LogP contribution in [0.4, 0.5) is 0 Å². The van der Waals surface area contributed by atoms with Gasteiger partial charge in [0.15, 0.2) is 12.4 Å². The van der Waals surface area contributed by atoms with E-state index >= 15 is 0 Å². The molecule has 0 aliphatic heterocycles. The SMILES string of the molecule is CCCCCCCCCCCC(=O)N(C)CC(=O)O.CCCCCCCCCCCCCCCC[n+]1ccccc1.Cl.[H-].[Na+]. The van der Waals surface area contributed by atoms with Crippen molar-refractivity contribution in [1.82, 2.24) is 4.90 Å². The number of rotatable bonds is 27. The Morgan fingerprint density at radius 2 is 0.953 bits per heavy atom. The Kier molecular flexibility index (Phi) is 40.9. The van der Waals surface area contributed by atoms with Gasteiger partial charge in [0.1, 0.15) is 13.1 Å². The Labute approximate surface area is 296 Å². The molecular weight excluding hydrogens is 567 g/mol. The van der Waals surface area contributed by atoms with Gasteiger partial charge in [-0.05, 0) is 12.8 Å². The number of carboxylic acid groups (broad SMARTS) is 1. The summed E-state index contributed by atoms with van der Waals surface area (Å²) in [6, 6.07) is 6.31. The van der Waals surface area contributed by atoms with E-state index < -0.39 is 5.97 Å². The zero-order valence-electron chi connectivity index (χ0n) is 29.8. The molecule has 0 bridgehead atoms. The zero-order chi connectivity index (χ0) is 30.2. The summed E-state index contributed by atoms with van der Waals surface area (Å²) >= 11 is 0. The minimum Gasteiger partial charge on any atom is -1.00 e. The van der Waals surface area contributed by atoms with Crippen LogP contribution in [0.5, 0.6) is 0 Å². The van der Waals surface area contributed by atoms with E-state index in [0.717, 1.165) is 12.8 Å². The van der Waals surface area contributed by atoms with Crippen molar-refractivity contribution in [3.8, 4) is 0 Å². The third kappa shape index (κ3) is 35.7. The number of aliphatic carboxylic acids is 1. The quantitative estimate of drug-likeness (QED) is 0.0621.